The highest BCUT2D eigenvalue weighted by Crippen LogP contribution is 2.10. The van der Waals surface area contributed by atoms with Gasteiger partial charge < -0.3 is 10.2 Å². The molecular weight excluding hydrogens is 164 g/mol. The Morgan fingerprint density at radius 3 is 2.85 bits per heavy atom. The zero-order valence-electron chi connectivity index (χ0n) is 8.42. The van der Waals surface area contributed by atoms with Gasteiger partial charge in [-0.2, -0.15) is 0 Å². The summed E-state index contributed by atoms with van der Waals surface area (Å²) in [6, 6.07) is 1.99. The summed E-state index contributed by atoms with van der Waals surface area (Å²) in [5.41, 5.74) is 6.65. The third-order valence-electron chi connectivity index (χ3n) is 2.13. The van der Waals surface area contributed by atoms with Crippen molar-refractivity contribution >= 4 is 0 Å². The smallest absolute Gasteiger partial charge is 0.120 e. The van der Waals surface area contributed by atoms with E-state index in [4.69, 9.17) is 10.2 Å². The molecule has 3 nitrogen and oxygen atoms in total. The van der Waals surface area contributed by atoms with Gasteiger partial charge in [-0.25, -0.2) is 0 Å². The van der Waals surface area contributed by atoms with Gasteiger partial charge in [-0.15, -0.1) is 0 Å². The Labute approximate surface area is 79.5 Å². The Kier molecular flexibility index (Phi) is 3.99. The molecule has 0 aliphatic rings. The van der Waals surface area contributed by atoms with Crippen LogP contribution in [0.3, 0.4) is 0 Å². The molecule has 0 atom stereocenters. The van der Waals surface area contributed by atoms with Crippen LogP contribution in [0.2, 0.25) is 0 Å². The Balaban J connectivity index is 2.36. The maximum absolute atomic E-state index is 5.43. The number of nitrogens with two attached hydrogens (primary N) is 1. The average molecular weight is 182 g/mol. The van der Waals surface area contributed by atoms with E-state index in [-0.39, 0.29) is 0 Å². The van der Waals surface area contributed by atoms with Crippen molar-refractivity contribution in [2.24, 2.45) is 5.73 Å². The highest BCUT2D eigenvalue weighted by atomic mass is 16.3. The lowest BCUT2D eigenvalue weighted by Gasteiger charge is -2.14. The van der Waals surface area contributed by atoms with Gasteiger partial charge in [0.25, 0.3) is 0 Å². The SMILES string of the molecule is Cc1ccoc1CN(C)CCCN. The van der Waals surface area contributed by atoms with Crippen molar-refractivity contribution < 1.29 is 4.42 Å². The van der Waals surface area contributed by atoms with E-state index in [0.717, 1.165) is 31.8 Å². The summed E-state index contributed by atoms with van der Waals surface area (Å²) >= 11 is 0. The highest BCUT2D eigenvalue weighted by Gasteiger charge is 2.04. The molecule has 2 N–H and O–H groups in total. The second-order valence-electron chi connectivity index (χ2n) is 3.41. The predicted octanol–water partition coefficient (Wildman–Crippen LogP) is 1.37. The number of hydrogen-bond donors (Lipinski definition) is 1. The van der Waals surface area contributed by atoms with Crippen LogP contribution in [0, 0.1) is 6.92 Å². The van der Waals surface area contributed by atoms with Crippen LogP contribution in [0.4, 0.5) is 0 Å². The second-order valence-corrected chi connectivity index (χ2v) is 3.41. The zero-order valence-corrected chi connectivity index (χ0v) is 8.42. The molecule has 0 saturated heterocycles. The monoisotopic (exact) mass is 182 g/mol. The first-order valence-corrected chi connectivity index (χ1v) is 4.65. The van der Waals surface area contributed by atoms with E-state index >= 15 is 0 Å². The molecule has 74 valence electrons. The van der Waals surface area contributed by atoms with Gasteiger partial charge in [0.15, 0.2) is 0 Å². The summed E-state index contributed by atoms with van der Waals surface area (Å²) in [5, 5.41) is 0. The third kappa shape index (κ3) is 3.20. The molecule has 0 unspecified atom stereocenters. The molecule has 1 aromatic rings. The van der Waals surface area contributed by atoms with Crippen molar-refractivity contribution in [3.63, 3.8) is 0 Å². The topological polar surface area (TPSA) is 42.4 Å². The van der Waals surface area contributed by atoms with Crippen molar-refractivity contribution in [2.45, 2.75) is 19.9 Å². The zero-order chi connectivity index (χ0) is 9.68. The van der Waals surface area contributed by atoms with Crippen LogP contribution < -0.4 is 5.73 Å². The minimum atomic E-state index is 0.751. The largest absolute Gasteiger partial charge is 0.468 e. The van der Waals surface area contributed by atoms with E-state index in [9.17, 15) is 0 Å². The van der Waals surface area contributed by atoms with Crippen LogP contribution in [-0.2, 0) is 6.54 Å². The van der Waals surface area contributed by atoms with E-state index in [1.807, 2.05) is 6.07 Å². The van der Waals surface area contributed by atoms with E-state index in [1.165, 1.54) is 5.56 Å². The Morgan fingerprint density at radius 2 is 2.31 bits per heavy atom. The van der Waals surface area contributed by atoms with E-state index in [2.05, 4.69) is 18.9 Å². The van der Waals surface area contributed by atoms with Crippen molar-refractivity contribution in [1.82, 2.24) is 4.90 Å². The average Bonchev–Trinajstić information content (AvgIpc) is 2.48. The van der Waals surface area contributed by atoms with Gasteiger partial charge >= 0.3 is 0 Å². The van der Waals surface area contributed by atoms with Crippen molar-refractivity contribution in [3.05, 3.63) is 23.7 Å². The molecule has 0 amide bonds. The second kappa shape index (κ2) is 5.04. The number of aryl methyl sites for hydroxylation is 1. The maximum Gasteiger partial charge on any atom is 0.120 e. The molecule has 0 aliphatic carbocycles. The number of nitrogens with zero attached hydrogens (tertiary/aromatic N) is 1. The van der Waals surface area contributed by atoms with Crippen LogP contribution in [0.25, 0.3) is 0 Å². The van der Waals surface area contributed by atoms with Crippen LogP contribution >= 0.6 is 0 Å². The summed E-state index contributed by atoms with van der Waals surface area (Å²) < 4.78 is 5.34. The van der Waals surface area contributed by atoms with Gasteiger partial charge in [0.05, 0.1) is 12.8 Å². The first-order valence-electron chi connectivity index (χ1n) is 4.65. The molecule has 0 bridgehead atoms. The highest BCUT2D eigenvalue weighted by molar-refractivity contribution is 5.14. The molecule has 1 heterocycles. The van der Waals surface area contributed by atoms with Gasteiger partial charge in [0.1, 0.15) is 5.76 Å². The number of rotatable bonds is 5. The molecule has 0 aromatic carbocycles. The summed E-state index contributed by atoms with van der Waals surface area (Å²) in [4.78, 5) is 2.22. The van der Waals surface area contributed by atoms with Crippen molar-refractivity contribution in [2.75, 3.05) is 20.1 Å². The fourth-order valence-corrected chi connectivity index (χ4v) is 1.25. The predicted molar refractivity (Wildman–Crippen MR) is 53.5 cm³/mol. The molecule has 0 saturated carbocycles. The molecule has 0 aliphatic heterocycles. The summed E-state index contributed by atoms with van der Waals surface area (Å²) in [6.07, 6.45) is 2.78. The third-order valence-corrected chi connectivity index (χ3v) is 2.13. The van der Waals surface area contributed by atoms with E-state index in [1.54, 1.807) is 6.26 Å². The Bertz CT molecular complexity index is 245. The first-order chi connectivity index (χ1) is 6.24. The van der Waals surface area contributed by atoms with Crippen LogP contribution in [0.15, 0.2) is 16.7 Å². The minimum absolute atomic E-state index is 0.751. The number of furan rings is 1. The lowest BCUT2D eigenvalue weighted by Crippen LogP contribution is -2.21. The minimum Gasteiger partial charge on any atom is -0.468 e. The van der Waals surface area contributed by atoms with Gasteiger partial charge in [0, 0.05) is 0 Å². The van der Waals surface area contributed by atoms with Gasteiger partial charge in [-0.1, -0.05) is 0 Å². The molecule has 3 heteroatoms. The fourth-order valence-electron chi connectivity index (χ4n) is 1.25. The Morgan fingerprint density at radius 1 is 1.54 bits per heavy atom. The summed E-state index contributed by atoms with van der Waals surface area (Å²) in [6.45, 7) is 4.71. The standard InChI is InChI=1S/C10H18N2O/c1-9-4-7-13-10(9)8-12(2)6-3-5-11/h4,7H,3,5-6,8,11H2,1-2H3. The lowest BCUT2D eigenvalue weighted by molar-refractivity contribution is 0.292. The summed E-state index contributed by atoms with van der Waals surface area (Å²) in [5.74, 6) is 1.06. The van der Waals surface area contributed by atoms with Gasteiger partial charge in [-0.3, -0.25) is 4.90 Å². The van der Waals surface area contributed by atoms with Crippen LogP contribution in [0.1, 0.15) is 17.7 Å². The summed E-state index contributed by atoms with van der Waals surface area (Å²) in [7, 11) is 2.08. The molecule has 0 fully saturated rings. The van der Waals surface area contributed by atoms with E-state index in [0.29, 0.717) is 0 Å². The normalized spacial score (nSPS) is 11.1. The fraction of sp³-hybridized carbons (Fsp3) is 0.600. The molecule has 13 heavy (non-hydrogen) atoms. The van der Waals surface area contributed by atoms with Crippen LogP contribution in [-0.4, -0.2) is 25.0 Å². The maximum atomic E-state index is 5.43. The van der Waals surface area contributed by atoms with Crippen LogP contribution in [0.5, 0.6) is 0 Å². The van der Waals surface area contributed by atoms with Crippen molar-refractivity contribution in [3.8, 4) is 0 Å². The molecular formula is C10H18N2O. The first kappa shape index (κ1) is 10.3. The Hall–Kier alpha value is -0.800. The lowest BCUT2D eigenvalue weighted by atomic mass is 10.2. The molecule has 0 spiro atoms. The molecule has 1 rings (SSSR count). The van der Waals surface area contributed by atoms with Gasteiger partial charge in [-0.05, 0) is 45.1 Å². The van der Waals surface area contributed by atoms with Gasteiger partial charge in [0.2, 0.25) is 0 Å². The molecule has 0 radical (unpaired) electrons. The quantitative estimate of drug-likeness (QED) is 0.747. The van der Waals surface area contributed by atoms with E-state index < -0.39 is 0 Å². The number of hydrogen-bond acceptors (Lipinski definition) is 3. The molecule has 1 aromatic heterocycles. The van der Waals surface area contributed by atoms with Crippen molar-refractivity contribution in [1.29, 1.82) is 0 Å².